The molecule has 0 spiro atoms. The summed E-state index contributed by atoms with van der Waals surface area (Å²) in [7, 11) is 0. The molecule has 4 heteroatoms. The summed E-state index contributed by atoms with van der Waals surface area (Å²) in [6.45, 7) is 4.94. The third-order valence-electron chi connectivity index (χ3n) is 2.76. The minimum absolute atomic E-state index is 0.164. The van der Waals surface area contributed by atoms with Crippen LogP contribution in [0.4, 0.5) is 0 Å². The second kappa shape index (κ2) is 6.43. The van der Waals surface area contributed by atoms with E-state index in [0.717, 1.165) is 19.4 Å². The number of nitrogens with one attached hydrogen (secondary N) is 2. The van der Waals surface area contributed by atoms with E-state index in [4.69, 9.17) is 0 Å². The lowest BCUT2D eigenvalue weighted by Gasteiger charge is -2.22. The van der Waals surface area contributed by atoms with Crippen LogP contribution in [-0.4, -0.2) is 24.4 Å². The first-order valence-electron chi connectivity index (χ1n) is 5.92. The van der Waals surface area contributed by atoms with Crippen molar-refractivity contribution < 1.29 is 9.59 Å². The van der Waals surface area contributed by atoms with Gasteiger partial charge < -0.3 is 5.32 Å². The number of amides is 2. The normalized spacial score (nSPS) is 22.1. The van der Waals surface area contributed by atoms with Gasteiger partial charge in [0.2, 0.25) is 11.8 Å². The number of imide groups is 1. The number of hydrogen-bond donors (Lipinski definition) is 2. The molecule has 90 valence electrons. The van der Waals surface area contributed by atoms with Crippen LogP contribution < -0.4 is 10.6 Å². The predicted octanol–water partition coefficient (Wildman–Crippen LogP) is 1.13. The van der Waals surface area contributed by atoms with Gasteiger partial charge in [-0.25, -0.2) is 0 Å². The number of carbonyl (C=O) groups excluding carboxylic acids is 2. The summed E-state index contributed by atoms with van der Waals surface area (Å²) in [5.41, 5.74) is 1.31. The minimum atomic E-state index is -0.218. The van der Waals surface area contributed by atoms with Crippen molar-refractivity contribution in [1.82, 2.24) is 10.6 Å². The van der Waals surface area contributed by atoms with Gasteiger partial charge in [-0.2, -0.15) is 0 Å². The van der Waals surface area contributed by atoms with E-state index in [1.807, 2.05) is 0 Å². The lowest BCUT2D eigenvalue weighted by atomic mass is 10.1. The lowest BCUT2D eigenvalue weighted by molar-refractivity contribution is -0.134. The van der Waals surface area contributed by atoms with Gasteiger partial charge in [-0.05, 0) is 19.3 Å². The molecule has 2 N–H and O–H groups in total. The van der Waals surface area contributed by atoms with Gasteiger partial charge in [-0.15, -0.1) is 0 Å². The van der Waals surface area contributed by atoms with Crippen LogP contribution in [0.1, 0.15) is 39.5 Å². The smallest absolute Gasteiger partial charge is 0.243 e. The Morgan fingerprint density at radius 2 is 2.25 bits per heavy atom. The van der Waals surface area contributed by atoms with Crippen molar-refractivity contribution >= 4 is 11.8 Å². The van der Waals surface area contributed by atoms with E-state index < -0.39 is 0 Å². The highest BCUT2D eigenvalue weighted by atomic mass is 16.2. The van der Waals surface area contributed by atoms with Crippen molar-refractivity contribution in [3.8, 4) is 0 Å². The number of allylic oxidation sites excluding steroid dienone is 1. The maximum Gasteiger partial charge on any atom is 0.243 e. The molecule has 0 aliphatic carbocycles. The van der Waals surface area contributed by atoms with Crippen molar-refractivity contribution in [1.29, 1.82) is 0 Å². The molecule has 4 nitrogen and oxygen atoms in total. The highest BCUT2D eigenvalue weighted by Crippen LogP contribution is 2.06. The Balaban J connectivity index is 2.40. The molecule has 0 radical (unpaired) electrons. The molecule has 0 aromatic heterocycles. The summed E-state index contributed by atoms with van der Waals surface area (Å²) in [6, 6.07) is -0.218. The number of hydrogen-bond acceptors (Lipinski definition) is 3. The Hall–Kier alpha value is -1.16. The molecule has 1 atom stereocenters. The zero-order valence-electron chi connectivity index (χ0n) is 10.0. The third-order valence-corrected chi connectivity index (χ3v) is 2.76. The highest BCUT2D eigenvalue weighted by molar-refractivity contribution is 6.00. The lowest BCUT2D eigenvalue weighted by Crippen LogP contribution is -2.51. The molecule has 1 rings (SSSR count). The maximum atomic E-state index is 11.4. The fourth-order valence-corrected chi connectivity index (χ4v) is 1.77. The van der Waals surface area contributed by atoms with Crippen LogP contribution in [0.3, 0.4) is 0 Å². The zero-order chi connectivity index (χ0) is 12.0. The van der Waals surface area contributed by atoms with Crippen LogP contribution in [0.15, 0.2) is 11.6 Å². The summed E-state index contributed by atoms with van der Waals surface area (Å²) in [6.07, 6.45) is 5.23. The highest BCUT2D eigenvalue weighted by Gasteiger charge is 2.25. The minimum Gasteiger partial charge on any atom is -0.302 e. The molecule has 1 aliphatic rings. The van der Waals surface area contributed by atoms with E-state index in [9.17, 15) is 9.59 Å². The number of carbonyl (C=O) groups is 2. The number of rotatable bonds is 5. The molecule has 1 heterocycles. The van der Waals surface area contributed by atoms with Crippen molar-refractivity contribution in [3.05, 3.63) is 11.6 Å². The van der Waals surface area contributed by atoms with Gasteiger partial charge in [-0.1, -0.05) is 25.5 Å². The average molecular weight is 224 g/mol. The van der Waals surface area contributed by atoms with Gasteiger partial charge in [0.25, 0.3) is 0 Å². The van der Waals surface area contributed by atoms with Gasteiger partial charge in [0.15, 0.2) is 0 Å². The van der Waals surface area contributed by atoms with Crippen molar-refractivity contribution in [2.24, 2.45) is 0 Å². The predicted molar refractivity (Wildman–Crippen MR) is 62.8 cm³/mol. The molecule has 1 aliphatic heterocycles. The Labute approximate surface area is 96.5 Å². The molecule has 0 bridgehead atoms. The van der Waals surface area contributed by atoms with Gasteiger partial charge in [0.05, 0.1) is 6.04 Å². The van der Waals surface area contributed by atoms with Crippen LogP contribution in [0.5, 0.6) is 0 Å². The monoisotopic (exact) mass is 224 g/mol. The fourth-order valence-electron chi connectivity index (χ4n) is 1.77. The van der Waals surface area contributed by atoms with E-state index >= 15 is 0 Å². The molecule has 0 aromatic carbocycles. The summed E-state index contributed by atoms with van der Waals surface area (Å²) in [5.74, 6) is -0.355. The van der Waals surface area contributed by atoms with E-state index in [0.29, 0.717) is 12.8 Å². The van der Waals surface area contributed by atoms with Crippen molar-refractivity contribution in [2.45, 2.75) is 45.6 Å². The molecule has 2 amide bonds. The van der Waals surface area contributed by atoms with Gasteiger partial charge in [0.1, 0.15) is 0 Å². The molecular weight excluding hydrogens is 204 g/mol. The van der Waals surface area contributed by atoms with Gasteiger partial charge >= 0.3 is 0 Å². The van der Waals surface area contributed by atoms with Gasteiger partial charge in [-0.3, -0.25) is 14.9 Å². The maximum absolute atomic E-state index is 11.4. The van der Waals surface area contributed by atoms with Crippen LogP contribution in [-0.2, 0) is 9.59 Å². The molecular formula is C12H20N2O2. The number of piperidine rings is 1. The summed E-state index contributed by atoms with van der Waals surface area (Å²) < 4.78 is 0. The standard InChI is InChI=1S/C12H20N2O2/c1-3-5-9(4-2)8-13-10-6-7-11(15)14-12(10)16/h5,10,13H,3-4,6-8H2,1-2H3,(H,14,15,16)/b9-5+/t10-/m0/s1. The Kier molecular flexibility index (Phi) is 5.19. The topological polar surface area (TPSA) is 58.2 Å². The summed E-state index contributed by atoms with van der Waals surface area (Å²) in [5, 5.41) is 5.54. The molecule has 16 heavy (non-hydrogen) atoms. The third kappa shape index (κ3) is 3.77. The molecule has 1 saturated heterocycles. The Morgan fingerprint density at radius 3 is 2.81 bits per heavy atom. The fraction of sp³-hybridized carbons (Fsp3) is 0.667. The van der Waals surface area contributed by atoms with E-state index in [1.165, 1.54) is 5.57 Å². The van der Waals surface area contributed by atoms with Crippen LogP contribution >= 0.6 is 0 Å². The molecule has 1 fully saturated rings. The molecule has 0 saturated carbocycles. The van der Waals surface area contributed by atoms with Crippen molar-refractivity contribution in [2.75, 3.05) is 6.54 Å². The van der Waals surface area contributed by atoms with Crippen LogP contribution in [0.25, 0.3) is 0 Å². The zero-order valence-corrected chi connectivity index (χ0v) is 10.0. The van der Waals surface area contributed by atoms with Gasteiger partial charge in [0, 0.05) is 13.0 Å². The van der Waals surface area contributed by atoms with E-state index in [2.05, 4.69) is 30.6 Å². The van der Waals surface area contributed by atoms with Crippen LogP contribution in [0.2, 0.25) is 0 Å². The van der Waals surface area contributed by atoms with Crippen molar-refractivity contribution in [3.63, 3.8) is 0 Å². The first-order valence-corrected chi connectivity index (χ1v) is 5.92. The van der Waals surface area contributed by atoms with E-state index in [1.54, 1.807) is 0 Å². The second-order valence-corrected chi connectivity index (χ2v) is 4.01. The average Bonchev–Trinajstić information content (AvgIpc) is 2.26. The van der Waals surface area contributed by atoms with E-state index in [-0.39, 0.29) is 17.9 Å². The first-order chi connectivity index (χ1) is 7.67. The largest absolute Gasteiger partial charge is 0.302 e. The second-order valence-electron chi connectivity index (χ2n) is 4.01. The SMILES string of the molecule is CC/C=C(\CC)CN[C@H]1CCC(=O)NC1=O. The molecule has 0 aromatic rings. The van der Waals surface area contributed by atoms with Crippen LogP contribution in [0, 0.1) is 0 Å². The Morgan fingerprint density at radius 1 is 1.50 bits per heavy atom. The quantitative estimate of drug-likeness (QED) is 0.543. The summed E-state index contributed by atoms with van der Waals surface area (Å²) >= 11 is 0. The first kappa shape index (κ1) is 12.9. The summed E-state index contributed by atoms with van der Waals surface area (Å²) in [4.78, 5) is 22.4. The Bertz CT molecular complexity index is 297. The molecule has 0 unspecified atom stereocenters.